The molecule has 50 heavy (non-hydrogen) atoms. The Morgan fingerprint density at radius 1 is 1.02 bits per heavy atom. The van der Waals surface area contributed by atoms with Crippen LogP contribution >= 0.6 is 0 Å². The van der Waals surface area contributed by atoms with Crippen molar-refractivity contribution in [2.75, 3.05) is 26.2 Å². The number of aliphatic hydroxyl groups is 1. The van der Waals surface area contributed by atoms with Crippen molar-refractivity contribution >= 4 is 28.2 Å². The fourth-order valence-electron chi connectivity index (χ4n) is 6.19. The van der Waals surface area contributed by atoms with Crippen molar-refractivity contribution in [3.8, 4) is 0 Å². The van der Waals surface area contributed by atoms with Gasteiger partial charge in [-0.3, -0.25) is 9.78 Å². The molecule has 0 spiro atoms. The number of aliphatic hydroxyl groups excluding tert-OH is 1. The Morgan fingerprint density at radius 3 is 2.34 bits per heavy atom. The third kappa shape index (κ3) is 9.89. The van der Waals surface area contributed by atoms with Crippen molar-refractivity contribution in [3.05, 3.63) is 95.3 Å². The van der Waals surface area contributed by atoms with Crippen LogP contribution < -0.4 is 5.32 Å². The van der Waals surface area contributed by atoms with E-state index < -0.39 is 34.1 Å². The molecule has 1 aliphatic rings. The van der Waals surface area contributed by atoms with Gasteiger partial charge in [-0.25, -0.2) is 13.2 Å². The lowest BCUT2D eigenvalue weighted by Gasteiger charge is -2.35. The number of hydrogen-bond donors (Lipinski definition) is 3. The van der Waals surface area contributed by atoms with Gasteiger partial charge in [0.2, 0.25) is 15.9 Å². The first kappa shape index (κ1) is 38.5. The van der Waals surface area contributed by atoms with Crippen molar-refractivity contribution in [2.45, 2.75) is 77.1 Å². The molecular formula is C37H50N6O6S. The molecular weight excluding hydrogens is 657 g/mol. The number of pyridine rings is 1. The van der Waals surface area contributed by atoms with Crippen LogP contribution in [0.4, 0.5) is 4.79 Å². The van der Waals surface area contributed by atoms with Crippen LogP contribution in [0.25, 0.3) is 0 Å². The molecule has 0 saturated carbocycles. The summed E-state index contributed by atoms with van der Waals surface area (Å²) in [6, 6.07) is 19.1. The summed E-state index contributed by atoms with van der Waals surface area (Å²) in [5, 5.41) is 26.7. The van der Waals surface area contributed by atoms with Crippen molar-refractivity contribution < 1.29 is 28.3 Å². The van der Waals surface area contributed by atoms with Crippen LogP contribution in [0.1, 0.15) is 56.6 Å². The van der Waals surface area contributed by atoms with Crippen LogP contribution in [-0.4, -0.2) is 100 Å². The maximum atomic E-state index is 14.3. The lowest BCUT2D eigenvalue weighted by molar-refractivity contribution is -0.128. The number of carbonyl (C=O) groups is 2. The number of aromatic nitrogens is 1. The van der Waals surface area contributed by atoms with Crippen molar-refractivity contribution in [2.24, 2.45) is 17.0 Å². The summed E-state index contributed by atoms with van der Waals surface area (Å²) in [4.78, 5) is 35.8. The minimum atomic E-state index is -4.06. The van der Waals surface area contributed by atoms with Gasteiger partial charge in [0.15, 0.2) is 0 Å². The van der Waals surface area contributed by atoms with E-state index in [1.165, 1.54) is 34.8 Å². The third-order valence-corrected chi connectivity index (χ3v) is 10.8. The van der Waals surface area contributed by atoms with Gasteiger partial charge in [-0.2, -0.15) is 4.31 Å². The van der Waals surface area contributed by atoms with Crippen molar-refractivity contribution in [1.82, 2.24) is 24.4 Å². The van der Waals surface area contributed by atoms with Crippen LogP contribution in [0.15, 0.2) is 82.8 Å². The molecule has 0 radical (unpaired) electrons. The van der Waals surface area contributed by atoms with E-state index >= 15 is 0 Å². The Bertz CT molecular complexity index is 1700. The average Bonchev–Trinajstić information content (AvgIpc) is 3.43. The van der Waals surface area contributed by atoms with Crippen LogP contribution in [-0.2, 0) is 27.8 Å². The van der Waals surface area contributed by atoms with E-state index in [4.69, 9.17) is 5.21 Å². The highest BCUT2D eigenvalue weighted by Crippen LogP contribution is 2.24. The average molecular weight is 707 g/mol. The Morgan fingerprint density at radius 2 is 1.72 bits per heavy atom. The predicted molar refractivity (Wildman–Crippen MR) is 192 cm³/mol. The number of rotatable bonds is 17. The normalized spacial score (nSPS) is 16.3. The van der Waals surface area contributed by atoms with E-state index in [0.29, 0.717) is 31.6 Å². The Hall–Kier alpha value is -4.33. The molecule has 270 valence electrons. The maximum absolute atomic E-state index is 14.3. The largest absolute Gasteiger partial charge is 0.411 e. The minimum absolute atomic E-state index is 0.0267. The lowest BCUT2D eigenvalue weighted by atomic mass is 9.95. The molecule has 12 nitrogen and oxygen atoms in total. The zero-order chi connectivity index (χ0) is 36.4. The Labute approximate surface area is 295 Å². The van der Waals surface area contributed by atoms with Gasteiger partial charge in [0.25, 0.3) is 0 Å². The molecule has 0 aliphatic carbocycles. The molecule has 4 atom stereocenters. The summed E-state index contributed by atoms with van der Waals surface area (Å²) in [6.07, 6.45) is 0.787. The number of amides is 3. The number of urea groups is 1. The zero-order valence-electron chi connectivity index (χ0n) is 29.5. The quantitative estimate of drug-likeness (QED) is 0.108. The summed E-state index contributed by atoms with van der Waals surface area (Å²) in [7, 11) is -4.06. The summed E-state index contributed by atoms with van der Waals surface area (Å²) in [5.74, 6) is -0.654. The van der Waals surface area contributed by atoms with Gasteiger partial charge in [0, 0.05) is 31.9 Å². The lowest BCUT2D eigenvalue weighted by Crippen LogP contribution is -2.57. The van der Waals surface area contributed by atoms with E-state index in [9.17, 15) is 23.1 Å². The first-order valence-corrected chi connectivity index (χ1v) is 18.6. The van der Waals surface area contributed by atoms with Crippen molar-refractivity contribution in [3.63, 3.8) is 0 Å². The van der Waals surface area contributed by atoms with Gasteiger partial charge < -0.3 is 25.4 Å². The number of sulfonamides is 1. The second kappa shape index (κ2) is 17.6. The molecule has 2 aromatic carbocycles. The molecule has 1 unspecified atom stereocenters. The predicted octanol–water partition coefficient (Wildman–Crippen LogP) is 4.29. The first-order valence-electron chi connectivity index (χ1n) is 17.1. The van der Waals surface area contributed by atoms with Crippen LogP contribution in [0.3, 0.4) is 0 Å². The zero-order valence-corrected chi connectivity index (χ0v) is 30.3. The van der Waals surface area contributed by atoms with Crippen molar-refractivity contribution in [1.29, 1.82) is 0 Å². The number of aryl methyl sites for hydroxylation is 1. The smallest absolute Gasteiger partial charge is 0.321 e. The fraction of sp³-hybridized carbons (Fsp3) is 0.459. The van der Waals surface area contributed by atoms with Gasteiger partial charge in [0.1, 0.15) is 6.04 Å². The van der Waals surface area contributed by atoms with E-state index in [1.807, 2.05) is 83.1 Å². The number of hydrogen-bond acceptors (Lipinski definition) is 8. The van der Waals surface area contributed by atoms with E-state index in [-0.39, 0.29) is 42.3 Å². The Balaban J connectivity index is 1.59. The van der Waals surface area contributed by atoms with Crippen LogP contribution in [0, 0.1) is 18.8 Å². The summed E-state index contributed by atoms with van der Waals surface area (Å²) < 4.78 is 29.0. The first-order chi connectivity index (χ1) is 23.8. The van der Waals surface area contributed by atoms with Gasteiger partial charge in [-0.1, -0.05) is 87.8 Å². The van der Waals surface area contributed by atoms with Crippen LogP contribution in [0.5, 0.6) is 0 Å². The monoisotopic (exact) mass is 706 g/mol. The highest BCUT2D eigenvalue weighted by Gasteiger charge is 2.41. The van der Waals surface area contributed by atoms with Gasteiger partial charge in [-0.15, -0.1) is 0 Å². The highest BCUT2D eigenvalue weighted by molar-refractivity contribution is 7.89. The van der Waals surface area contributed by atoms with E-state index in [1.54, 1.807) is 9.80 Å². The number of carbonyl (C=O) groups excluding carboxylic acids is 2. The topological polar surface area (TPSA) is 156 Å². The molecule has 3 N–H and O–H groups in total. The van der Waals surface area contributed by atoms with Gasteiger partial charge in [0.05, 0.1) is 35.5 Å². The maximum Gasteiger partial charge on any atom is 0.321 e. The second-order valence-corrected chi connectivity index (χ2v) is 15.3. The van der Waals surface area contributed by atoms with Crippen LogP contribution in [0.2, 0.25) is 0 Å². The molecule has 4 rings (SSSR count). The molecule has 1 fully saturated rings. The van der Waals surface area contributed by atoms with Gasteiger partial charge >= 0.3 is 6.03 Å². The molecule has 1 aliphatic heterocycles. The molecule has 1 saturated heterocycles. The summed E-state index contributed by atoms with van der Waals surface area (Å²) in [6.45, 7) is 10.6. The summed E-state index contributed by atoms with van der Waals surface area (Å²) >= 11 is 0. The van der Waals surface area contributed by atoms with Gasteiger partial charge in [-0.05, 0) is 60.6 Å². The SMILES string of the molecule is CCC(C)[C@@H](C(=O)N[C@@H](Cc1ccccc1)[C@H](O)CN(CC(C)C)S(=O)(=O)c1ccc(/C=N/O)cc1)N1CCN(Cc2cccc(C)n2)C1=O. The molecule has 3 aromatic rings. The number of nitrogens with zero attached hydrogens (tertiary/aromatic N) is 5. The number of nitrogens with one attached hydrogen (secondary N) is 1. The summed E-state index contributed by atoms with van der Waals surface area (Å²) in [5.41, 5.74) is 3.00. The second-order valence-electron chi connectivity index (χ2n) is 13.4. The van der Waals surface area contributed by atoms with E-state index in [2.05, 4.69) is 15.5 Å². The third-order valence-electron chi connectivity index (χ3n) is 8.99. The highest BCUT2D eigenvalue weighted by atomic mass is 32.2. The molecule has 2 heterocycles. The van der Waals surface area contributed by atoms with E-state index in [0.717, 1.165) is 17.0 Å². The standard InChI is InChI=1S/C37H50N6O6S/c1-6-27(4)35(43-20-19-41(37(43)46)24-31-14-10-11-28(5)39-31)36(45)40-33(21-29-12-8-7-9-13-29)34(44)25-42(23-26(2)3)50(48,49)32-17-15-30(16-18-32)22-38-47/h7-18,22,26-27,33-35,44,47H,6,19-21,23-25H2,1-5H3,(H,40,45)/b38-22+/t27?,33-,34+,35-/m0/s1. The molecule has 13 heteroatoms. The number of benzene rings is 2. The molecule has 0 bridgehead atoms. The molecule has 3 amide bonds. The molecule has 1 aromatic heterocycles. The number of oxime groups is 1. The minimum Gasteiger partial charge on any atom is -0.411 e. The fourth-order valence-corrected chi connectivity index (χ4v) is 7.82. The Kier molecular flexibility index (Phi) is 13.5.